The minimum absolute atomic E-state index is 0.0261. The second-order valence-corrected chi connectivity index (χ2v) is 5.72. The minimum Gasteiger partial charge on any atom is -0.349 e. The number of thiophene rings is 1. The molecule has 1 aromatic heterocycles. The molecule has 0 fully saturated rings. The topological polar surface area (TPSA) is 29.1 Å². The maximum atomic E-state index is 11.7. The van der Waals surface area contributed by atoms with Crippen molar-refractivity contribution in [1.29, 1.82) is 0 Å². The van der Waals surface area contributed by atoms with Gasteiger partial charge in [0.1, 0.15) is 0 Å². The molecule has 0 aliphatic rings. The van der Waals surface area contributed by atoms with Gasteiger partial charge in [0, 0.05) is 6.04 Å². The fourth-order valence-corrected chi connectivity index (χ4v) is 2.41. The van der Waals surface area contributed by atoms with E-state index >= 15 is 0 Å². The van der Waals surface area contributed by atoms with Gasteiger partial charge in [0.15, 0.2) is 0 Å². The van der Waals surface area contributed by atoms with Crippen LogP contribution in [-0.2, 0) is 0 Å². The van der Waals surface area contributed by atoms with Gasteiger partial charge >= 0.3 is 0 Å². The molecule has 14 heavy (non-hydrogen) atoms. The van der Waals surface area contributed by atoms with E-state index in [1.54, 1.807) is 0 Å². The highest BCUT2D eigenvalue weighted by atomic mass is 79.9. The molecule has 78 valence electrons. The molecular weight excluding hydrogens is 262 g/mol. The second-order valence-electron chi connectivity index (χ2n) is 3.35. The molecule has 0 aromatic carbocycles. The van der Waals surface area contributed by atoms with Crippen LogP contribution in [0.15, 0.2) is 9.85 Å². The first-order valence-corrected chi connectivity index (χ1v) is 6.22. The predicted molar refractivity (Wildman–Crippen MR) is 64.0 cm³/mol. The Morgan fingerprint density at radius 2 is 2.36 bits per heavy atom. The van der Waals surface area contributed by atoms with E-state index in [2.05, 4.69) is 28.2 Å². The van der Waals surface area contributed by atoms with Crippen molar-refractivity contribution in [1.82, 2.24) is 5.32 Å². The van der Waals surface area contributed by atoms with Crippen molar-refractivity contribution in [2.75, 3.05) is 0 Å². The molecule has 0 saturated carbocycles. The molecule has 1 aromatic rings. The normalized spacial score (nSPS) is 12.6. The Balaban J connectivity index is 2.70. The minimum atomic E-state index is 0.0261. The van der Waals surface area contributed by atoms with Crippen LogP contribution in [0.4, 0.5) is 0 Å². The standard InChI is InChI=1S/C10H14BrNOS/c1-4-7(3)12-10(13)8-5-6(2)9(11)14-8/h5,7H,4H2,1-3H3,(H,12,13). The Kier molecular flexibility index (Phi) is 4.13. The van der Waals surface area contributed by atoms with Gasteiger partial charge in [-0.25, -0.2) is 0 Å². The first-order valence-electron chi connectivity index (χ1n) is 4.61. The lowest BCUT2D eigenvalue weighted by atomic mass is 10.2. The van der Waals surface area contributed by atoms with Crippen molar-refractivity contribution in [3.8, 4) is 0 Å². The van der Waals surface area contributed by atoms with Gasteiger partial charge in [-0.1, -0.05) is 6.92 Å². The van der Waals surface area contributed by atoms with Gasteiger partial charge in [0.05, 0.1) is 8.66 Å². The summed E-state index contributed by atoms with van der Waals surface area (Å²) in [5, 5.41) is 2.94. The van der Waals surface area contributed by atoms with E-state index in [1.807, 2.05) is 19.9 Å². The summed E-state index contributed by atoms with van der Waals surface area (Å²) in [6.45, 7) is 6.05. The first kappa shape index (κ1) is 11.7. The second kappa shape index (κ2) is 4.94. The van der Waals surface area contributed by atoms with Crippen molar-refractivity contribution in [2.24, 2.45) is 0 Å². The Hall–Kier alpha value is -0.350. The van der Waals surface area contributed by atoms with Crippen LogP contribution in [0.25, 0.3) is 0 Å². The fourth-order valence-electron chi connectivity index (χ4n) is 0.969. The van der Waals surface area contributed by atoms with Crippen LogP contribution in [0.2, 0.25) is 0 Å². The molecule has 0 aliphatic heterocycles. The summed E-state index contributed by atoms with van der Waals surface area (Å²) >= 11 is 4.89. The van der Waals surface area contributed by atoms with Crippen LogP contribution in [0, 0.1) is 6.92 Å². The lowest BCUT2D eigenvalue weighted by Crippen LogP contribution is -2.31. The number of hydrogen-bond acceptors (Lipinski definition) is 2. The van der Waals surface area contributed by atoms with Gasteiger partial charge in [-0.05, 0) is 47.8 Å². The van der Waals surface area contributed by atoms with E-state index < -0.39 is 0 Å². The predicted octanol–water partition coefficient (Wildman–Crippen LogP) is 3.35. The average Bonchev–Trinajstić information content (AvgIpc) is 2.47. The zero-order chi connectivity index (χ0) is 10.7. The number of carbonyl (C=O) groups excluding carboxylic acids is 1. The summed E-state index contributed by atoms with van der Waals surface area (Å²) in [5.41, 5.74) is 1.12. The Bertz CT molecular complexity index is 315. The summed E-state index contributed by atoms with van der Waals surface area (Å²) in [6, 6.07) is 2.15. The highest BCUT2D eigenvalue weighted by Crippen LogP contribution is 2.27. The molecule has 1 rings (SSSR count). The van der Waals surface area contributed by atoms with Crippen LogP contribution < -0.4 is 5.32 Å². The summed E-state index contributed by atoms with van der Waals surface area (Å²) in [6.07, 6.45) is 0.956. The highest BCUT2D eigenvalue weighted by Gasteiger charge is 2.12. The number of aryl methyl sites for hydroxylation is 1. The number of nitrogens with one attached hydrogen (secondary N) is 1. The van der Waals surface area contributed by atoms with E-state index in [1.165, 1.54) is 11.3 Å². The Labute approximate surface area is 96.8 Å². The third-order valence-corrected chi connectivity index (χ3v) is 4.21. The summed E-state index contributed by atoms with van der Waals surface area (Å²) < 4.78 is 1.03. The molecule has 0 bridgehead atoms. The SMILES string of the molecule is CCC(C)NC(=O)c1cc(C)c(Br)s1. The van der Waals surface area contributed by atoms with Crippen molar-refractivity contribution in [3.05, 3.63) is 20.3 Å². The number of carbonyl (C=O) groups is 1. The zero-order valence-corrected chi connectivity index (χ0v) is 11.0. The molecule has 1 N–H and O–H groups in total. The molecule has 4 heteroatoms. The monoisotopic (exact) mass is 275 g/mol. The van der Waals surface area contributed by atoms with Gasteiger partial charge in [0.25, 0.3) is 5.91 Å². The smallest absolute Gasteiger partial charge is 0.261 e. The highest BCUT2D eigenvalue weighted by molar-refractivity contribution is 9.11. The molecule has 1 heterocycles. The van der Waals surface area contributed by atoms with Gasteiger partial charge in [-0.2, -0.15) is 0 Å². The van der Waals surface area contributed by atoms with Crippen LogP contribution in [-0.4, -0.2) is 11.9 Å². The first-order chi connectivity index (χ1) is 6.54. The van der Waals surface area contributed by atoms with E-state index in [0.29, 0.717) is 0 Å². The maximum absolute atomic E-state index is 11.7. The van der Waals surface area contributed by atoms with Crippen LogP contribution in [0.1, 0.15) is 35.5 Å². The van der Waals surface area contributed by atoms with Gasteiger partial charge in [-0.3, -0.25) is 4.79 Å². The molecular formula is C10H14BrNOS. The fraction of sp³-hybridized carbons (Fsp3) is 0.500. The molecule has 1 atom stereocenters. The van der Waals surface area contributed by atoms with Crippen molar-refractivity contribution >= 4 is 33.2 Å². The molecule has 1 unspecified atom stereocenters. The Morgan fingerprint density at radius 1 is 1.71 bits per heavy atom. The molecule has 0 spiro atoms. The average molecular weight is 276 g/mol. The van der Waals surface area contributed by atoms with Gasteiger partial charge in [-0.15, -0.1) is 11.3 Å². The third-order valence-electron chi connectivity index (χ3n) is 2.07. The van der Waals surface area contributed by atoms with Crippen LogP contribution in [0.5, 0.6) is 0 Å². The maximum Gasteiger partial charge on any atom is 0.261 e. The summed E-state index contributed by atoms with van der Waals surface area (Å²) in [5.74, 6) is 0.0261. The third kappa shape index (κ3) is 2.82. The molecule has 0 radical (unpaired) electrons. The van der Waals surface area contributed by atoms with Crippen molar-refractivity contribution in [2.45, 2.75) is 33.2 Å². The molecule has 0 aliphatic carbocycles. The van der Waals surface area contributed by atoms with Crippen LogP contribution in [0.3, 0.4) is 0 Å². The largest absolute Gasteiger partial charge is 0.349 e. The zero-order valence-electron chi connectivity index (χ0n) is 8.56. The Morgan fingerprint density at radius 3 is 2.79 bits per heavy atom. The number of hydrogen-bond donors (Lipinski definition) is 1. The summed E-state index contributed by atoms with van der Waals surface area (Å²) in [7, 11) is 0. The van der Waals surface area contributed by atoms with Crippen molar-refractivity contribution in [3.63, 3.8) is 0 Å². The molecule has 2 nitrogen and oxygen atoms in total. The van der Waals surface area contributed by atoms with Crippen LogP contribution >= 0.6 is 27.3 Å². The van der Waals surface area contributed by atoms with Crippen molar-refractivity contribution < 1.29 is 4.79 Å². The van der Waals surface area contributed by atoms with E-state index in [-0.39, 0.29) is 11.9 Å². The van der Waals surface area contributed by atoms with E-state index in [9.17, 15) is 4.79 Å². The van der Waals surface area contributed by atoms with Gasteiger partial charge < -0.3 is 5.32 Å². The molecule has 1 amide bonds. The number of halogens is 1. The lowest BCUT2D eigenvalue weighted by Gasteiger charge is -2.09. The molecule has 0 saturated heterocycles. The van der Waals surface area contributed by atoms with E-state index in [0.717, 1.165) is 20.6 Å². The number of amides is 1. The quantitative estimate of drug-likeness (QED) is 0.901. The number of rotatable bonds is 3. The van der Waals surface area contributed by atoms with E-state index in [4.69, 9.17) is 0 Å². The van der Waals surface area contributed by atoms with Gasteiger partial charge in [0.2, 0.25) is 0 Å². The summed E-state index contributed by atoms with van der Waals surface area (Å²) in [4.78, 5) is 12.4. The lowest BCUT2D eigenvalue weighted by molar-refractivity contribution is 0.0943.